The Kier molecular flexibility index (Phi) is 2.07. The van der Waals surface area contributed by atoms with Crippen LogP contribution in [0.2, 0.25) is 0 Å². The highest BCUT2D eigenvalue weighted by atomic mass is 14.5. The van der Waals surface area contributed by atoms with Crippen LogP contribution in [0.3, 0.4) is 0 Å². The zero-order valence-electron chi connectivity index (χ0n) is 6.44. The fourth-order valence-corrected chi connectivity index (χ4v) is 0.991. The van der Waals surface area contributed by atoms with Gasteiger partial charge >= 0.3 is 0 Å². The van der Waals surface area contributed by atoms with Crippen LogP contribution in [0.15, 0.2) is 18.2 Å². The van der Waals surface area contributed by atoms with Gasteiger partial charge in [0.05, 0.1) is 0 Å². The molecule has 1 radical (unpaired) electrons. The van der Waals surface area contributed by atoms with Crippen LogP contribution in [0.25, 0.3) is 0 Å². The molecule has 10 heavy (non-hydrogen) atoms. The van der Waals surface area contributed by atoms with E-state index < -0.39 is 0 Å². The lowest BCUT2D eigenvalue weighted by Gasteiger charge is -2.01. The number of hydrogen-bond acceptors (Lipinski definition) is 0. The largest absolute Gasteiger partial charge is 0.253 e. The van der Waals surface area contributed by atoms with Crippen molar-refractivity contribution in [2.75, 3.05) is 0 Å². The van der Waals surface area contributed by atoms with Crippen molar-refractivity contribution in [3.05, 3.63) is 34.9 Å². The van der Waals surface area contributed by atoms with Crippen molar-refractivity contribution in [1.82, 2.24) is 5.73 Å². The van der Waals surface area contributed by atoms with Gasteiger partial charge in [-0.05, 0) is 25.0 Å². The SMILES string of the molecule is Cc1ccc(C)c(C[NH])c1. The molecule has 0 spiro atoms. The molecule has 0 atom stereocenters. The van der Waals surface area contributed by atoms with E-state index in [0.717, 1.165) is 5.56 Å². The Bertz CT molecular complexity index is 228. The van der Waals surface area contributed by atoms with Crippen LogP contribution in [0.1, 0.15) is 16.7 Å². The van der Waals surface area contributed by atoms with Gasteiger partial charge in [0.2, 0.25) is 0 Å². The molecule has 0 saturated carbocycles. The summed E-state index contributed by atoms with van der Waals surface area (Å²) in [7, 11) is 0. The molecular formula is C9H12N. The van der Waals surface area contributed by atoms with Crippen molar-refractivity contribution in [2.24, 2.45) is 0 Å². The van der Waals surface area contributed by atoms with Crippen molar-refractivity contribution in [2.45, 2.75) is 20.4 Å². The predicted molar refractivity (Wildman–Crippen MR) is 42.7 cm³/mol. The number of hydrogen-bond donors (Lipinski definition) is 0. The van der Waals surface area contributed by atoms with Crippen molar-refractivity contribution < 1.29 is 0 Å². The van der Waals surface area contributed by atoms with Gasteiger partial charge in [-0.1, -0.05) is 23.8 Å². The molecule has 1 rings (SSSR count). The third-order valence-electron chi connectivity index (χ3n) is 1.70. The lowest BCUT2D eigenvalue weighted by Crippen LogP contribution is -1.89. The predicted octanol–water partition coefficient (Wildman–Crippen LogP) is 2.09. The van der Waals surface area contributed by atoms with Gasteiger partial charge < -0.3 is 0 Å². The first-order valence-electron chi connectivity index (χ1n) is 3.45. The first-order chi connectivity index (χ1) is 4.74. The average molecular weight is 134 g/mol. The zero-order valence-corrected chi connectivity index (χ0v) is 6.44. The summed E-state index contributed by atoms with van der Waals surface area (Å²) in [5.41, 5.74) is 10.8. The lowest BCUT2D eigenvalue weighted by molar-refractivity contribution is 1.01. The molecule has 0 aliphatic rings. The Morgan fingerprint density at radius 3 is 2.50 bits per heavy atom. The Morgan fingerprint density at radius 2 is 2.00 bits per heavy atom. The fraction of sp³-hybridized carbons (Fsp3) is 0.333. The second-order valence-electron chi connectivity index (χ2n) is 2.61. The quantitative estimate of drug-likeness (QED) is 0.561. The normalized spacial score (nSPS) is 9.90. The molecule has 0 aliphatic carbocycles. The smallest absolute Gasteiger partial charge is 0.0353 e. The second-order valence-corrected chi connectivity index (χ2v) is 2.61. The molecule has 0 fully saturated rings. The van der Waals surface area contributed by atoms with Crippen molar-refractivity contribution in [3.63, 3.8) is 0 Å². The molecule has 0 amide bonds. The minimum Gasteiger partial charge on any atom is -0.253 e. The van der Waals surface area contributed by atoms with Gasteiger partial charge in [0.15, 0.2) is 0 Å². The highest BCUT2D eigenvalue weighted by Gasteiger charge is 1.94. The first kappa shape index (κ1) is 7.29. The Morgan fingerprint density at radius 1 is 1.30 bits per heavy atom. The molecule has 1 N–H and O–H groups in total. The van der Waals surface area contributed by atoms with Crippen LogP contribution in [0.5, 0.6) is 0 Å². The molecule has 1 heteroatoms. The van der Waals surface area contributed by atoms with E-state index in [2.05, 4.69) is 25.1 Å². The number of nitrogens with one attached hydrogen (secondary N) is 1. The summed E-state index contributed by atoms with van der Waals surface area (Å²) < 4.78 is 0. The van der Waals surface area contributed by atoms with E-state index in [1.165, 1.54) is 11.1 Å². The zero-order chi connectivity index (χ0) is 7.56. The van der Waals surface area contributed by atoms with Crippen molar-refractivity contribution >= 4 is 0 Å². The molecule has 0 heterocycles. The van der Waals surface area contributed by atoms with E-state index in [1.807, 2.05) is 6.92 Å². The Labute approximate surface area is 61.9 Å². The standard InChI is InChI=1S/C9H12N/c1-7-3-4-8(2)9(5-7)6-10/h3-5,10H,6H2,1-2H3. The molecule has 0 saturated heterocycles. The average Bonchev–Trinajstić information content (AvgIpc) is 1.94. The number of rotatable bonds is 1. The van der Waals surface area contributed by atoms with Crippen LogP contribution >= 0.6 is 0 Å². The second kappa shape index (κ2) is 2.84. The van der Waals surface area contributed by atoms with E-state index >= 15 is 0 Å². The summed E-state index contributed by atoms with van der Waals surface area (Å²) in [4.78, 5) is 0. The molecule has 1 aromatic carbocycles. The summed E-state index contributed by atoms with van der Waals surface area (Å²) in [5, 5.41) is 0. The molecule has 0 bridgehead atoms. The maximum atomic E-state index is 7.18. The topological polar surface area (TPSA) is 23.8 Å². The van der Waals surface area contributed by atoms with Crippen LogP contribution in [-0.2, 0) is 6.54 Å². The molecule has 1 aromatic rings. The maximum Gasteiger partial charge on any atom is 0.0353 e. The minimum atomic E-state index is 0.396. The molecule has 0 unspecified atom stereocenters. The van der Waals surface area contributed by atoms with Gasteiger partial charge in [-0.2, -0.15) is 0 Å². The van der Waals surface area contributed by atoms with Crippen LogP contribution in [0.4, 0.5) is 0 Å². The summed E-state index contributed by atoms with van der Waals surface area (Å²) >= 11 is 0. The third-order valence-corrected chi connectivity index (χ3v) is 1.70. The number of aryl methyl sites for hydroxylation is 2. The van der Waals surface area contributed by atoms with Gasteiger partial charge in [-0.3, -0.25) is 5.73 Å². The molecule has 0 aliphatic heterocycles. The van der Waals surface area contributed by atoms with Crippen LogP contribution in [0, 0.1) is 13.8 Å². The first-order valence-corrected chi connectivity index (χ1v) is 3.45. The van der Waals surface area contributed by atoms with Crippen molar-refractivity contribution in [1.29, 1.82) is 0 Å². The van der Waals surface area contributed by atoms with Crippen LogP contribution < -0.4 is 5.73 Å². The summed E-state index contributed by atoms with van der Waals surface area (Å²) in [5.74, 6) is 0. The van der Waals surface area contributed by atoms with Gasteiger partial charge in [0, 0.05) is 6.54 Å². The van der Waals surface area contributed by atoms with Gasteiger partial charge in [0.1, 0.15) is 0 Å². The summed E-state index contributed by atoms with van der Waals surface area (Å²) in [6.07, 6.45) is 0. The molecule has 1 nitrogen and oxygen atoms in total. The summed E-state index contributed by atoms with van der Waals surface area (Å²) in [6.45, 7) is 4.50. The Balaban J connectivity index is 3.09. The van der Waals surface area contributed by atoms with E-state index in [1.54, 1.807) is 0 Å². The van der Waals surface area contributed by atoms with E-state index in [9.17, 15) is 0 Å². The highest BCUT2D eigenvalue weighted by molar-refractivity contribution is 5.29. The van der Waals surface area contributed by atoms with Crippen molar-refractivity contribution in [3.8, 4) is 0 Å². The third kappa shape index (κ3) is 1.36. The van der Waals surface area contributed by atoms with E-state index in [4.69, 9.17) is 5.73 Å². The molecule has 0 aromatic heterocycles. The fourth-order valence-electron chi connectivity index (χ4n) is 0.991. The molecule has 53 valence electrons. The monoisotopic (exact) mass is 134 g/mol. The van der Waals surface area contributed by atoms with Gasteiger partial charge in [0.25, 0.3) is 0 Å². The van der Waals surface area contributed by atoms with Gasteiger partial charge in [-0.25, -0.2) is 0 Å². The Hall–Kier alpha value is -0.820. The minimum absolute atomic E-state index is 0.396. The number of benzene rings is 1. The van der Waals surface area contributed by atoms with E-state index in [0.29, 0.717) is 6.54 Å². The van der Waals surface area contributed by atoms with Crippen LogP contribution in [-0.4, -0.2) is 0 Å². The van der Waals surface area contributed by atoms with E-state index in [-0.39, 0.29) is 0 Å². The molecular weight excluding hydrogens is 122 g/mol. The maximum absolute atomic E-state index is 7.18. The van der Waals surface area contributed by atoms with Gasteiger partial charge in [-0.15, -0.1) is 0 Å². The lowest BCUT2D eigenvalue weighted by atomic mass is 10.1. The highest BCUT2D eigenvalue weighted by Crippen LogP contribution is 2.09. The summed E-state index contributed by atoms with van der Waals surface area (Å²) in [6, 6.07) is 6.22.